The number of amides is 1. The number of carbonyl (C=O) groups is 1. The summed E-state index contributed by atoms with van der Waals surface area (Å²) in [6, 6.07) is 13.0. The first-order valence-electron chi connectivity index (χ1n) is 7.89. The van der Waals surface area contributed by atoms with Crippen molar-refractivity contribution in [1.82, 2.24) is 10.2 Å². The van der Waals surface area contributed by atoms with E-state index in [0.29, 0.717) is 17.9 Å². The summed E-state index contributed by atoms with van der Waals surface area (Å²) in [4.78, 5) is 12.0. The fourth-order valence-corrected chi connectivity index (χ4v) is 2.69. The van der Waals surface area contributed by atoms with Crippen molar-refractivity contribution in [1.29, 1.82) is 0 Å². The fraction of sp³-hybridized carbons (Fsp3) is 0.167. The van der Waals surface area contributed by atoms with Crippen molar-refractivity contribution in [2.45, 2.75) is 12.1 Å². The molecule has 0 saturated heterocycles. The summed E-state index contributed by atoms with van der Waals surface area (Å²) in [5, 5.41) is 10.7. The minimum absolute atomic E-state index is 0.109. The zero-order valence-corrected chi connectivity index (χ0v) is 14.8. The largest absolute Gasteiger partial charge is 0.494 e. The van der Waals surface area contributed by atoms with Gasteiger partial charge in [-0.05, 0) is 49.4 Å². The van der Waals surface area contributed by atoms with E-state index in [2.05, 4.69) is 15.5 Å². The van der Waals surface area contributed by atoms with Gasteiger partial charge < -0.3 is 14.5 Å². The molecule has 0 radical (unpaired) electrons. The van der Waals surface area contributed by atoms with Crippen molar-refractivity contribution >= 4 is 23.4 Å². The second-order valence-electron chi connectivity index (χ2n) is 5.18. The molecule has 0 atom stereocenters. The summed E-state index contributed by atoms with van der Waals surface area (Å²) < 4.78 is 24.0. The number of benzene rings is 2. The lowest BCUT2D eigenvalue weighted by molar-refractivity contribution is -0.113. The Balaban J connectivity index is 1.53. The molecule has 0 aliphatic carbocycles. The number of hydrogen-bond acceptors (Lipinski definition) is 6. The van der Waals surface area contributed by atoms with Gasteiger partial charge in [0.25, 0.3) is 5.22 Å². The minimum Gasteiger partial charge on any atom is -0.494 e. The van der Waals surface area contributed by atoms with Crippen LogP contribution >= 0.6 is 11.8 Å². The van der Waals surface area contributed by atoms with Gasteiger partial charge in [0, 0.05) is 11.3 Å². The molecule has 3 rings (SSSR count). The van der Waals surface area contributed by atoms with Gasteiger partial charge in [-0.1, -0.05) is 17.8 Å². The first-order valence-corrected chi connectivity index (χ1v) is 8.87. The summed E-state index contributed by atoms with van der Waals surface area (Å²) in [6.07, 6.45) is 0. The van der Waals surface area contributed by atoms with Crippen LogP contribution in [0.3, 0.4) is 0 Å². The standard InChI is InChI=1S/C18H16FN3O3S/c1-2-24-15-8-6-14(7-9-15)20-16(23)11-26-18-22-21-17(25-18)12-4-3-5-13(19)10-12/h3-10H,2,11H2,1H3,(H,20,23). The number of hydrogen-bond donors (Lipinski definition) is 1. The molecule has 0 bridgehead atoms. The van der Waals surface area contributed by atoms with E-state index in [4.69, 9.17) is 9.15 Å². The Hall–Kier alpha value is -2.87. The van der Waals surface area contributed by atoms with Crippen LogP contribution in [-0.4, -0.2) is 28.5 Å². The molecular formula is C18H16FN3O3S. The first kappa shape index (κ1) is 17.9. The molecule has 1 amide bonds. The average molecular weight is 373 g/mol. The molecule has 8 heteroatoms. The van der Waals surface area contributed by atoms with Gasteiger partial charge in [0.05, 0.1) is 12.4 Å². The Morgan fingerprint density at radius 3 is 2.77 bits per heavy atom. The summed E-state index contributed by atoms with van der Waals surface area (Å²) in [6.45, 7) is 2.49. The van der Waals surface area contributed by atoms with Crippen LogP contribution in [0.25, 0.3) is 11.5 Å². The van der Waals surface area contributed by atoms with Crippen LogP contribution in [0.15, 0.2) is 58.2 Å². The molecule has 6 nitrogen and oxygen atoms in total. The number of halogens is 1. The Morgan fingerprint density at radius 2 is 2.04 bits per heavy atom. The zero-order chi connectivity index (χ0) is 18.4. The van der Waals surface area contributed by atoms with Crippen LogP contribution < -0.4 is 10.1 Å². The average Bonchev–Trinajstić information content (AvgIpc) is 3.11. The molecule has 0 spiro atoms. The summed E-state index contributed by atoms with van der Waals surface area (Å²) in [5.74, 6) is 0.474. The van der Waals surface area contributed by atoms with Crippen LogP contribution in [0.4, 0.5) is 10.1 Å². The highest BCUT2D eigenvalue weighted by Crippen LogP contribution is 2.24. The van der Waals surface area contributed by atoms with Crippen molar-refractivity contribution in [2.24, 2.45) is 0 Å². The number of nitrogens with one attached hydrogen (secondary N) is 1. The van der Waals surface area contributed by atoms with Gasteiger partial charge in [-0.3, -0.25) is 4.79 Å². The van der Waals surface area contributed by atoms with E-state index in [1.807, 2.05) is 6.92 Å². The number of carbonyl (C=O) groups excluding carboxylic acids is 1. The van der Waals surface area contributed by atoms with E-state index in [1.54, 1.807) is 36.4 Å². The van der Waals surface area contributed by atoms with Gasteiger partial charge in [-0.25, -0.2) is 4.39 Å². The van der Waals surface area contributed by atoms with E-state index >= 15 is 0 Å². The Labute approximate surface area is 153 Å². The topological polar surface area (TPSA) is 77.2 Å². The highest BCUT2D eigenvalue weighted by Gasteiger charge is 2.12. The van der Waals surface area contributed by atoms with Gasteiger partial charge >= 0.3 is 0 Å². The van der Waals surface area contributed by atoms with Gasteiger partial charge in [0.15, 0.2) is 0 Å². The van der Waals surface area contributed by atoms with Crippen LogP contribution in [0.5, 0.6) is 5.75 Å². The van der Waals surface area contributed by atoms with Crippen molar-refractivity contribution in [3.63, 3.8) is 0 Å². The van der Waals surface area contributed by atoms with E-state index < -0.39 is 0 Å². The summed E-state index contributed by atoms with van der Waals surface area (Å²) >= 11 is 1.11. The fourth-order valence-electron chi connectivity index (χ4n) is 2.13. The summed E-state index contributed by atoms with van der Waals surface area (Å²) in [5.41, 5.74) is 1.16. The van der Waals surface area contributed by atoms with Gasteiger partial charge in [0.2, 0.25) is 11.8 Å². The maximum absolute atomic E-state index is 13.2. The van der Waals surface area contributed by atoms with Crippen LogP contribution in [0.2, 0.25) is 0 Å². The molecule has 0 saturated carbocycles. The SMILES string of the molecule is CCOc1ccc(NC(=O)CSc2nnc(-c3cccc(F)c3)o2)cc1. The van der Waals surface area contributed by atoms with Crippen LogP contribution in [0.1, 0.15) is 6.92 Å². The lowest BCUT2D eigenvalue weighted by Crippen LogP contribution is -2.13. The molecular weight excluding hydrogens is 357 g/mol. The zero-order valence-electron chi connectivity index (χ0n) is 13.9. The first-order chi connectivity index (χ1) is 12.6. The lowest BCUT2D eigenvalue weighted by atomic mass is 10.2. The highest BCUT2D eigenvalue weighted by molar-refractivity contribution is 7.99. The van der Waals surface area contributed by atoms with E-state index in [1.165, 1.54) is 12.1 Å². The number of aromatic nitrogens is 2. The Morgan fingerprint density at radius 1 is 1.23 bits per heavy atom. The monoisotopic (exact) mass is 373 g/mol. The predicted octanol–water partition coefficient (Wildman–Crippen LogP) is 4.01. The second-order valence-corrected chi connectivity index (χ2v) is 6.10. The van der Waals surface area contributed by atoms with Crippen molar-refractivity contribution < 1.29 is 18.3 Å². The molecule has 134 valence electrons. The third-order valence-electron chi connectivity index (χ3n) is 3.25. The van der Waals surface area contributed by atoms with Gasteiger partial charge in [-0.15, -0.1) is 10.2 Å². The summed E-state index contributed by atoms with van der Waals surface area (Å²) in [7, 11) is 0. The molecule has 0 aliphatic rings. The molecule has 2 aromatic carbocycles. The van der Waals surface area contributed by atoms with Crippen LogP contribution in [0, 0.1) is 5.82 Å². The molecule has 1 heterocycles. The van der Waals surface area contributed by atoms with Crippen LogP contribution in [-0.2, 0) is 4.79 Å². The molecule has 3 aromatic rings. The quantitative estimate of drug-likeness (QED) is 0.631. The third kappa shape index (κ3) is 4.82. The van der Waals surface area contributed by atoms with E-state index in [-0.39, 0.29) is 28.6 Å². The molecule has 0 aliphatic heterocycles. The highest BCUT2D eigenvalue weighted by atomic mass is 32.2. The second kappa shape index (κ2) is 8.48. The number of rotatable bonds is 7. The minimum atomic E-state index is -0.385. The lowest BCUT2D eigenvalue weighted by Gasteiger charge is -2.06. The van der Waals surface area contributed by atoms with Crippen molar-refractivity contribution in [3.05, 3.63) is 54.3 Å². The molecule has 0 fully saturated rings. The smallest absolute Gasteiger partial charge is 0.277 e. The van der Waals surface area contributed by atoms with Gasteiger partial charge in [-0.2, -0.15) is 0 Å². The number of thioether (sulfide) groups is 1. The predicted molar refractivity (Wildman–Crippen MR) is 96.7 cm³/mol. The maximum Gasteiger partial charge on any atom is 0.277 e. The maximum atomic E-state index is 13.2. The normalized spacial score (nSPS) is 10.5. The number of anilines is 1. The molecule has 1 aromatic heterocycles. The number of nitrogens with zero attached hydrogens (tertiary/aromatic N) is 2. The number of ether oxygens (including phenoxy) is 1. The molecule has 26 heavy (non-hydrogen) atoms. The Kier molecular flexibility index (Phi) is 5.85. The van der Waals surface area contributed by atoms with Gasteiger partial charge in [0.1, 0.15) is 11.6 Å². The Bertz CT molecular complexity index is 883. The van der Waals surface area contributed by atoms with E-state index in [0.717, 1.165) is 17.5 Å². The third-order valence-corrected chi connectivity index (χ3v) is 4.07. The van der Waals surface area contributed by atoms with Crippen molar-refractivity contribution in [2.75, 3.05) is 17.7 Å². The van der Waals surface area contributed by atoms with Crippen molar-refractivity contribution in [3.8, 4) is 17.2 Å². The van der Waals surface area contributed by atoms with E-state index in [9.17, 15) is 9.18 Å². The molecule has 1 N–H and O–H groups in total. The molecule has 0 unspecified atom stereocenters.